The van der Waals surface area contributed by atoms with Crippen LogP contribution in [0.25, 0.3) is 0 Å². The molecule has 0 aromatic heterocycles. The highest BCUT2D eigenvalue weighted by Gasteiger charge is 1.87. The van der Waals surface area contributed by atoms with E-state index in [1.807, 2.05) is 13.8 Å². The molecule has 0 aliphatic carbocycles. The van der Waals surface area contributed by atoms with E-state index in [0.29, 0.717) is 13.0 Å². The highest BCUT2D eigenvalue weighted by Crippen LogP contribution is 1.79. The number of carbonyl (C=O) groups is 2. The number of unbranched alkanes of at least 4 members (excludes halogenated alkanes) is 1. The molecule has 0 radical (unpaired) electrons. The minimum absolute atomic E-state index is 0.0408. The fraction of sp³-hybridized carbons (Fsp3) is 0.778. The molecule has 0 fully saturated rings. The molecule has 80 valence electrons. The molecule has 0 atom stereocenters. The second-order valence-corrected chi connectivity index (χ2v) is 1.79. The molecule has 0 aromatic rings. The van der Waals surface area contributed by atoms with Gasteiger partial charge in [-0.3, -0.25) is 4.79 Å². The molecule has 2 N–H and O–H groups in total. The van der Waals surface area contributed by atoms with E-state index in [9.17, 15) is 9.59 Å². The average molecular weight is 191 g/mol. The summed E-state index contributed by atoms with van der Waals surface area (Å²) in [5, 5.41) is 9.58. The van der Waals surface area contributed by atoms with Crippen molar-refractivity contribution in [1.82, 2.24) is 5.32 Å². The van der Waals surface area contributed by atoms with Crippen LogP contribution in [0.5, 0.6) is 0 Å². The summed E-state index contributed by atoms with van der Waals surface area (Å²) < 4.78 is 0. The van der Waals surface area contributed by atoms with Crippen LogP contribution in [0.4, 0.5) is 0 Å². The maximum Gasteiger partial charge on any atom is 0.216 e. The minimum atomic E-state index is -0.0408. The van der Waals surface area contributed by atoms with E-state index in [4.69, 9.17) is 5.11 Å². The zero-order chi connectivity index (χ0) is 11.1. The molecule has 4 nitrogen and oxygen atoms in total. The number of aldehydes is 1. The van der Waals surface area contributed by atoms with Crippen molar-refractivity contribution in [3.8, 4) is 0 Å². The molecular weight excluding hydrogens is 170 g/mol. The Morgan fingerprint density at radius 2 is 1.85 bits per heavy atom. The first kappa shape index (κ1) is 18.0. The van der Waals surface area contributed by atoms with Crippen LogP contribution in [-0.2, 0) is 9.59 Å². The average Bonchev–Trinajstić information content (AvgIpc) is 2.19. The van der Waals surface area contributed by atoms with Crippen LogP contribution in [0.2, 0.25) is 0 Å². The third-order valence-electron chi connectivity index (χ3n) is 0.873. The molecule has 0 rings (SSSR count). The number of hydrogen-bond donors (Lipinski definition) is 2. The van der Waals surface area contributed by atoms with Gasteiger partial charge in [-0.05, 0) is 6.42 Å². The van der Waals surface area contributed by atoms with Crippen molar-refractivity contribution in [2.45, 2.75) is 33.6 Å². The maximum atomic E-state index is 10.2. The number of aliphatic hydroxyl groups excluding tert-OH is 1. The Labute approximate surface area is 80.3 Å². The maximum absolute atomic E-state index is 10.2. The lowest BCUT2D eigenvalue weighted by Gasteiger charge is -1.96. The smallest absolute Gasteiger partial charge is 0.216 e. The molecule has 0 spiro atoms. The molecule has 13 heavy (non-hydrogen) atoms. The summed E-state index contributed by atoms with van der Waals surface area (Å²) in [6.07, 6.45) is 2.12. The van der Waals surface area contributed by atoms with E-state index >= 15 is 0 Å². The van der Waals surface area contributed by atoms with Gasteiger partial charge in [0.15, 0.2) is 0 Å². The van der Waals surface area contributed by atoms with Crippen LogP contribution in [0, 0.1) is 0 Å². The van der Waals surface area contributed by atoms with Gasteiger partial charge < -0.3 is 15.2 Å². The molecule has 0 saturated carbocycles. The van der Waals surface area contributed by atoms with Gasteiger partial charge in [-0.1, -0.05) is 13.8 Å². The number of hydrogen-bond acceptors (Lipinski definition) is 3. The Kier molecular flexibility index (Phi) is 31.1. The minimum Gasteiger partial charge on any atom is -0.400 e. The van der Waals surface area contributed by atoms with Crippen molar-refractivity contribution >= 4 is 12.2 Å². The monoisotopic (exact) mass is 191 g/mol. The van der Waals surface area contributed by atoms with Crippen LogP contribution in [0.15, 0.2) is 0 Å². The lowest BCUT2D eigenvalue weighted by atomic mass is 10.3. The summed E-state index contributed by atoms with van der Waals surface area (Å²) in [6, 6.07) is 0. The molecule has 1 amide bonds. The molecule has 0 aromatic carbocycles. The van der Waals surface area contributed by atoms with Crippen LogP contribution in [0.3, 0.4) is 0 Å². The highest BCUT2D eigenvalue weighted by atomic mass is 16.2. The van der Waals surface area contributed by atoms with Gasteiger partial charge in [-0.15, -0.1) is 0 Å². The fourth-order valence-corrected chi connectivity index (χ4v) is 0.450. The van der Waals surface area contributed by atoms with Crippen molar-refractivity contribution in [3.63, 3.8) is 0 Å². The van der Waals surface area contributed by atoms with Crippen LogP contribution in [-0.4, -0.2) is 31.0 Å². The number of carbonyl (C=O) groups excluding carboxylic acids is 2. The third-order valence-corrected chi connectivity index (χ3v) is 0.873. The Morgan fingerprint density at radius 3 is 2.15 bits per heavy atom. The van der Waals surface area contributed by atoms with Gasteiger partial charge in [-0.2, -0.15) is 0 Å². The number of rotatable bonds is 4. The first-order chi connectivity index (χ1) is 6.27. The molecule has 0 aliphatic rings. The van der Waals surface area contributed by atoms with Crippen molar-refractivity contribution in [3.05, 3.63) is 0 Å². The molecule has 4 heteroatoms. The van der Waals surface area contributed by atoms with E-state index in [1.54, 1.807) is 0 Å². The van der Waals surface area contributed by atoms with E-state index in [2.05, 4.69) is 5.32 Å². The Bertz CT molecular complexity index is 105. The van der Waals surface area contributed by atoms with Crippen molar-refractivity contribution in [2.75, 3.05) is 13.7 Å². The largest absolute Gasteiger partial charge is 0.400 e. The molecular formula is C9H21NO3. The van der Waals surface area contributed by atoms with Crippen LogP contribution in [0.1, 0.15) is 33.6 Å². The van der Waals surface area contributed by atoms with Gasteiger partial charge in [0.25, 0.3) is 0 Å². The lowest BCUT2D eigenvalue weighted by molar-refractivity contribution is -0.119. The highest BCUT2D eigenvalue weighted by molar-refractivity contribution is 5.72. The predicted octanol–water partition coefficient (Wildman–Crippen LogP) is 0.736. The normalized spacial score (nSPS) is 6.85. The van der Waals surface area contributed by atoms with Crippen LogP contribution < -0.4 is 5.32 Å². The zero-order valence-corrected chi connectivity index (χ0v) is 8.96. The summed E-state index contributed by atoms with van der Waals surface area (Å²) in [6.45, 7) is 6.06. The SMILES string of the molecule is CC.CC(=O)NCCCC=O.CO. The first-order valence-electron chi connectivity index (χ1n) is 4.40. The summed E-state index contributed by atoms with van der Waals surface area (Å²) >= 11 is 0. The topological polar surface area (TPSA) is 66.4 Å². The van der Waals surface area contributed by atoms with Crippen molar-refractivity contribution in [2.24, 2.45) is 0 Å². The summed E-state index contributed by atoms with van der Waals surface area (Å²) in [5.74, 6) is -0.0408. The molecule has 0 unspecified atom stereocenters. The van der Waals surface area contributed by atoms with E-state index < -0.39 is 0 Å². The van der Waals surface area contributed by atoms with Gasteiger partial charge in [0.1, 0.15) is 6.29 Å². The second-order valence-electron chi connectivity index (χ2n) is 1.79. The second kappa shape index (κ2) is 22.5. The number of nitrogens with one attached hydrogen (secondary N) is 1. The van der Waals surface area contributed by atoms with Gasteiger partial charge in [-0.25, -0.2) is 0 Å². The standard InChI is InChI=1S/C6H11NO2.C2H6.CH4O/c1-6(9)7-4-2-3-5-8;2*1-2/h5H,2-4H2,1H3,(H,7,9);1-2H3;2H,1H3. The van der Waals surface area contributed by atoms with Gasteiger partial charge in [0, 0.05) is 27.0 Å². The summed E-state index contributed by atoms with van der Waals surface area (Å²) in [4.78, 5) is 19.9. The first-order valence-corrected chi connectivity index (χ1v) is 4.40. The van der Waals surface area contributed by atoms with Crippen molar-refractivity contribution < 1.29 is 14.7 Å². The van der Waals surface area contributed by atoms with E-state index in [1.165, 1.54) is 6.92 Å². The molecule has 0 bridgehead atoms. The molecule has 0 aliphatic heterocycles. The quantitative estimate of drug-likeness (QED) is 0.508. The summed E-state index contributed by atoms with van der Waals surface area (Å²) in [5.41, 5.74) is 0. The lowest BCUT2D eigenvalue weighted by Crippen LogP contribution is -2.20. The Balaban J connectivity index is -0.000000218. The van der Waals surface area contributed by atoms with Crippen molar-refractivity contribution in [1.29, 1.82) is 0 Å². The number of amides is 1. The van der Waals surface area contributed by atoms with E-state index in [0.717, 1.165) is 19.8 Å². The predicted molar refractivity (Wildman–Crippen MR) is 53.5 cm³/mol. The van der Waals surface area contributed by atoms with Gasteiger partial charge in [0.2, 0.25) is 5.91 Å². The Hall–Kier alpha value is -0.900. The van der Waals surface area contributed by atoms with Gasteiger partial charge >= 0.3 is 0 Å². The number of aliphatic hydroxyl groups is 1. The summed E-state index contributed by atoms with van der Waals surface area (Å²) in [7, 11) is 1.00. The Morgan fingerprint density at radius 1 is 1.38 bits per heavy atom. The molecule has 0 heterocycles. The third kappa shape index (κ3) is 35.3. The zero-order valence-electron chi connectivity index (χ0n) is 8.96. The fourth-order valence-electron chi connectivity index (χ4n) is 0.450. The van der Waals surface area contributed by atoms with E-state index in [-0.39, 0.29) is 5.91 Å². The van der Waals surface area contributed by atoms with Crippen LogP contribution >= 0.6 is 0 Å². The molecule has 0 saturated heterocycles. The van der Waals surface area contributed by atoms with Gasteiger partial charge in [0.05, 0.1) is 0 Å².